The predicted octanol–water partition coefficient (Wildman–Crippen LogP) is 2.04. The minimum atomic E-state index is -0.381. The van der Waals surface area contributed by atoms with Gasteiger partial charge in [-0.15, -0.1) is 0 Å². The molecule has 0 aliphatic carbocycles. The van der Waals surface area contributed by atoms with E-state index in [2.05, 4.69) is 12.2 Å². The first kappa shape index (κ1) is 16.0. The average Bonchev–Trinajstić information content (AvgIpc) is 2.25. The van der Waals surface area contributed by atoms with E-state index >= 15 is 0 Å². The van der Waals surface area contributed by atoms with Gasteiger partial charge < -0.3 is 10.2 Å². The summed E-state index contributed by atoms with van der Waals surface area (Å²) in [5, 5.41) is 3.08. The van der Waals surface area contributed by atoms with Gasteiger partial charge in [0.2, 0.25) is 11.8 Å². The smallest absolute Gasteiger partial charge is 0.225 e. The fourth-order valence-corrected chi connectivity index (χ4v) is 2.40. The molecule has 0 saturated carbocycles. The molecule has 4 nitrogen and oxygen atoms in total. The SMILES string of the molecule is CC1CC(NC(=O)C(C)(C)C)CN(C(=O)C(C)C)C1. The number of piperidine rings is 1. The van der Waals surface area contributed by atoms with Gasteiger partial charge in [-0.25, -0.2) is 0 Å². The number of rotatable bonds is 2. The fourth-order valence-electron chi connectivity index (χ4n) is 2.40. The molecule has 1 saturated heterocycles. The normalized spacial score (nSPS) is 24.5. The molecular weight excluding hydrogens is 240 g/mol. The van der Waals surface area contributed by atoms with Crippen LogP contribution in [0.1, 0.15) is 48.0 Å². The predicted molar refractivity (Wildman–Crippen MR) is 76.6 cm³/mol. The Morgan fingerprint density at radius 2 is 1.79 bits per heavy atom. The first-order valence-corrected chi connectivity index (χ1v) is 7.21. The third kappa shape index (κ3) is 4.51. The Morgan fingerprint density at radius 1 is 1.21 bits per heavy atom. The van der Waals surface area contributed by atoms with E-state index in [-0.39, 0.29) is 29.2 Å². The van der Waals surface area contributed by atoms with Gasteiger partial charge in [-0.05, 0) is 12.3 Å². The van der Waals surface area contributed by atoms with Crippen molar-refractivity contribution in [1.29, 1.82) is 0 Å². The number of carbonyl (C=O) groups is 2. The molecule has 1 aliphatic rings. The first-order valence-electron chi connectivity index (χ1n) is 7.21. The Labute approximate surface area is 116 Å². The Bertz CT molecular complexity index is 345. The molecule has 0 aromatic carbocycles. The lowest BCUT2D eigenvalue weighted by molar-refractivity contribution is -0.138. The maximum absolute atomic E-state index is 12.1. The van der Waals surface area contributed by atoms with Crippen molar-refractivity contribution in [1.82, 2.24) is 10.2 Å². The number of amides is 2. The van der Waals surface area contributed by atoms with Crippen molar-refractivity contribution in [3.8, 4) is 0 Å². The summed E-state index contributed by atoms with van der Waals surface area (Å²) < 4.78 is 0. The van der Waals surface area contributed by atoms with Crippen molar-refractivity contribution < 1.29 is 9.59 Å². The van der Waals surface area contributed by atoms with Gasteiger partial charge in [-0.2, -0.15) is 0 Å². The molecule has 1 fully saturated rings. The van der Waals surface area contributed by atoms with Crippen LogP contribution in [0.15, 0.2) is 0 Å². The highest BCUT2D eigenvalue weighted by Crippen LogP contribution is 2.20. The summed E-state index contributed by atoms with van der Waals surface area (Å²) in [5.41, 5.74) is -0.381. The Kier molecular flexibility index (Phi) is 4.99. The minimum absolute atomic E-state index is 0.0178. The lowest BCUT2D eigenvalue weighted by atomic mass is 9.91. The second-order valence-electron chi connectivity index (χ2n) is 7.16. The van der Waals surface area contributed by atoms with E-state index in [1.807, 2.05) is 39.5 Å². The van der Waals surface area contributed by atoms with Crippen molar-refractivity contribution in [2.75, 3.05) is 13.1 Å². The van der Waals surface area contributed by atoms with E-state index in [1.54, 1.807) is 0 Å². The second-order valence-corrected chi connectivity index (χ2v) is 7.16. The van der Waals surface area contributed by atoms with Gasteiger partial charge in [0.05, 0.1) is 0 Å². The van der Waals surface area contributed by atoms with Crippen LogP contribution in [0.5, 0.6) is 0 Å². The lowest BCUT2D eigenvalue weighted by Crippen LogP contribution is -2.54. The Morgan fingerprint density at radius 3 is 2.26 bits per heavy atom. The third-order valence-corrected chi connectivity index (χ3v) is 3.48. The molecule has 1 heterocycles. The molecule has 2 unspecified atom stereocenters. The molecular formula is C15H28N2O2. The van der Waals surface area contributed by atoms with Crippen molar-refractivity contribution in [2.24, 2.45) is 17.3 Å². The molecule has 0 bridgehead atoms. The molecule has 2 atom stereocenters. The molecule has 1 aliphatic heterocycles. The summed E-state index contributed by atoms with van der Waals surface area (Å²) >= 11 is 0. The van der Waals surface area contributed by atoms with Gasteiger partial charge in [0.25, 0.3) is 0 Å². The van der Waals surface area contributed by atoms with Gasteiger partial charge in [-0.3, -0.25) is 9.59 Å². The zero-order valence-electron chi connectivity index (χ0n) is 13.1. The monoisotopic (exact) mass is 268 g/mol. The van der Waals surface area contributed by atoms with Gasteiger partial charge in [0.1, 0.15) is 0 Å². The van der Waals surface area contributed by atoms with Gasteiger partial charge in [0, 0.05) is 30.5 Å². The van der Waals surface area contributed by atoms with Crippen LogP contribution >= 0.6 is 0 Å². The summed E-state index contributed by atoms with van der Waals surface area (Å²) in [6.45, 7) is 13.1. The van der Waals surface area contributed by atoms with Gasteiger partial charge in [-0.1, -0.05) is 41.5 Å². The summed E-state index contributed by atoms with van der Waals surface area (Å²) in [5.74, 6) is 0.691. The second kappa shape index (κ2) is 5.93. The lowest BCUT2D eigenvalue weighted by Gasteiger charge is -2.38. The van der Waals surface area contributed by atoms with E-state index in [0.29, 0.717) is 12.5 Å². The number of nitrogens with one attached hydrogen (secondary N) is 1. The highest BCUT2D eigenvalue weighted by Gasteiger charge is 2.31. The number of carbonyl (C=O) groups excluding carboxylic acids is 2. The van der Waals surface area contributed by atoms with Crippen LogP contribution in [-0.2, 0) is 9.59 Å². The molecule has 1 rings (SSSR count). The van der Waals surface area contributed by atoms with Crippen molar-refractivity contribution >= 4 is 11.8 Å². The van der Waals surface area contributed by atoms with Crippen LogP contribution in [0.3, 0.4) is 0 Å². The minimum Gasteiger partial charge on any atom is -0.351 e. The molecule has 1 N–H and O–H groups in total. The summed E-state index contributed by atoms with van der Waals surface area (Å²) in [6, 6.07) is 0.0816. The van der Waals surface area contributed by atoms with E-state index in [9.17, 15) is 9.59 Å². The Hall–Kier alpha value is -1.06. The average molecular weight is 268 g/mol. The molecule has 4 heteroatoms. The molecule has 19 heavy (non-hydrogen) atoms. The maximum Gasteiger partial charge on any atom is 0.225 e. The maximum atomic E-state index is 12.1. The quantitative estimate of drug-likeness (QED) is 0.833. The summed E-state index contributed by atoms with van der Waals surface area (Å²) in [4.78, 5) is 26.0. The number of hydrogen-bond donors (Lipinski definition) is 1. The van der Waals surface area contributed by atoms with Crippen molar-refractivity contribution in [3.63, 3.8) is 0 Å². The standard InChI is InChI=1S/C15H28N2O2/c1-10(2)13(18)17-8-11(3)7-12(9-17)16-14(19)15(4,5)6/h10-12H,7-9H2,1-6H3,(H,16,19). The number of likely N-dealkylation sites (tertiary alicyclic amines) is 1. The molecule has 110 valence electrons. The third-order valence-electron chi connectivity index (χ3n) is 3.48. The van der Waals surface area contributed by atoms with Crippen LogP contribution in [0, 0.1) is 17.3 Å². The van der Waals surface area contributed by atoms with Gasteiger partial charge >= 0.3 is 0 Å². The van der Waals surface area contributed by atoms with Crippen LogP contribution in [0.2, 0.25) is 0 Å². The van der Waals surface area contributed by atoms with Crippen molar-refractivity contribution in [3.05, 3.63) is 0 Å². The van der Waals surface area contributed by atoms with E-state index < -0.39 is 0 Å². The largest absolute Gasteiger partial charge is 0.351 e. The highest BCUT2D eigenvalue weighted by atomic mass is 16.2. The number of nitrogens with zero attached hydrogens (tertiary/aromatic N) is 1. The first-order chi connectivity index (χ1) is 8.61. The van der Waals surface area contributed by atoms with Gasteiger partial charge in [0.15, 0.2) is 0 Å². The van der Waals surface area contributed by atoms with Crippen LogP contribution in [-0.4, -0.2) is 35.8 Å². The van der Waals surface area contributed by atoms with Crippen molar-refractivity contribution in [2.45, 2.75) is 54.0 Å². The van der Waals surface area contributed by atoms with E-state index in [4.69, 9.17) is 0 Å². The zero-order chi connectivity index (χ0) is 14.8. The molecule has 0 aromatic heterocycles. The molecule has 0 radical (unpaired) electrons. The molecule has 0 aromatic rings. The number of hydrogen-bond acceptors (Lipinski definition) is 2. The topological polar surface area (TPSA) is 49.4 Å². The fraction of sp³-hybridized carbons (Fsp3) is 0.867. The molecule has 0 spiro atoms. The van der Waals surface area contributed by atoms with Crippen LogP contribution < -0.4 is 5.32 Å². The summed E-state index contributed by atoms with van der Waals surface area (Å²) in [6.07, 6.45) is 0.948. The van der Waals surface area contributed by atoms with E-state index in [1.165, 1.54) is 0 Å². The highest BCUT2D eigenvalue weighted by molar-refractivity contribution is 5.82. The van der Waals surface area contributed by atoms with Crippen LogP contribution in [0.25, 0.3) is 0 Å². The Balaban J connectivity index is 2.66. The summed E-state index contributed by atoms with van der Waals surface area (Å²) in [7, 11) is 0. The van der Waals surface area contributed by atoms with Crippen LogP contribution in [0.4, 0.5) is 0 Å². The zero-order valence-corrected chi connectivity index (χ0v) is 13.1. The van der Waals surface area contributed by atoms with E-state index in [0.717, 1.165) is 13.0 Å². The molecule has 2 amide bonds.